The second-order valence-corrected chi connectivity index (χ2v) is 5.78. The highest BCUT2D eigenvalue weighted by molar-refractivity contribution is 7.80. The molecule has 0 saturated heterocycles. The summed E-state index contributed by atoms with van der Waals surface area (Å²) in [7, 11) is 0. The van der Waals surface area contributed by atoms with Gasteiger partial charge in [0.25, 0.3) is 5.69 Å². The summed E-state index contributed by atoms with van der Waals surface area (Å²) in [4.78, 5) is 10.3. The minimum atomic E-state index is -0.522. The van der Waals surface area contributed by atoms with E-state index in [9.17, 15) is 10.1 Å². The first kappa shape index (κ1) is 16.8. The SMILES string of the molecule is O=[N+]([O-])c1ccc(Cl)c(NC(=S)Nc2cc(Cl)ccc2Cl)c1. The van der Waals surface area contributed by atoms with Crippen LogP contribution in [0.25, 0.3) is 0 Å². The van der Waals surface area contributed by atoms with Crippen molar-refractivity contribution in [2.45, 2.75) is 0 Å². The Morgan fingerprint density at radius 1 is 1.00 bits per heavy atom. The van der Waals surface area contributed by atoms with Crippen molar-refractivity contribution >= 4 is 69.2 Å². The topological polar surface area (TPSA) is 67.2 Å². The van der Waals surface area contributed by atoms with Gasteiger partial charge in [-0.3, -0.25) is 10.1 Å². The molecule has 0 amide bonds. The number of hydrogen-bond acceptors (Lipinski definition) is 3. The number of nitro groups is 1. The second kappa shape index (κ2) is 7.11. The number of rotatable bonds is 3. The van der Waals surface area contributed by atoms with Crippen LogP contribution in [0.1, 0.15) is 0 Å². The molecule has 2 rings (SSSR count). The summed E-state index contributed by atoms with van der Waals surface area (Å²) < 4.78 is 0. The molecule has 0 radical (unpaired) electrons. The summed E-state index contributed by atoms with van der Waals surface area (Å²) in [5, 5.41) is 17.8. The van der Waals surface area contributed by atoms with Gasteiger partial charge in [0, 0.05) is 17.2 Å². The summed E-state index contributed by atoms with van der Waals surface area (Å²) in [5.41, 5.74) is 0.718. The van der Waals surface area contributed by atoms with Gasteiger partial charge in [-0.25, -0.2) is 0 Å². The molecule has 0 bridgehead atoms. The zero-order chi connectivity index (χ0) is 16.3. The Bertz CT molecular complexity index is 755. The number of nitro benzene ring substituents is 1. The van der Waals surface area contributed by atoms with Crippen LogP contribution < -0.4 is 10.6 Å². The third kappa shape index (κ3) is 4.20. The third-order valence-electron chi connectivity index (χ3n) is 2.59. The van der Waals surface area contributed by atoms with Gasteiger partial charge in [-0.2, -0.15) is 0 Å². The lowest BCUT2D eigenvalue weighted by Crippen LogP contribution is -2.19. The van der Waals surface area contributed by atoms with Crippen molar-refractivity contribution < 1.29 is 4.92 Å². The van der Waals surface area contributed by atoms with Gasteiger partial charge in [0.15, 0.2) is 5.11 Å². The smallest absolute Gasteiger partial charge is 0.271 e. The van der Waals surface area contributed by atoms with Crippen LogP contribution in [0.3, 0.4) is 0 Å². The third-order valence-corrected chi connectivity index (χ3v) is 3.68. The molecular formula is C13H8Cl3N3O2S. The summed E-state index contributed by atoms with van der Waals surface area (Å²) >= 11 is 23.0. The Kier molecular flexibility index (Phi) is 5.42. The molecule has 2 aromatic carbocycles. The Hall–Kier alpha value is -1.60. The number of nitrogens with one attached hydrogen (secondary N) is 2. The zero-order valence-electron chi connectivity index (χ0n) is 10.8. The summed E-state index contributed by atoms with van der Waals surface area (Å²) in [6.45, 7) is 0. The van der Waals surface area contributed by atoms with Crippen molar-refractivity contribution in [3.8, 4) is 0 Å². The number of hydrogen-bond donors (Lipinski definition) is 2. The number of halogens is 3. The fourth-order valence-electron chi connectivity index (χ4n) is 1.59. The Morgan fingerprint density at radius 2 is 1.55 bits per heavy atom. The molecule has 0 heterocycles. The van der Waals surface area contributed by atoms with E-state index in [1.54, 1.807) is 18.2 Å². The molecule has 0 aliphatic rings. The minimum absolute atomic E-state index is 0.101. The molecule has 5 nitrogen and oxygen atoms in total. The van der Waals surface area contributed by atoms with Crippen LogP contribution in [0.2, 0.25) is 15.1 Å². The predicted octanol–water partition coefficient (Wildman–Crippen LogP) is 5.36. The van der Waals surface area contributed by atoms with Gasteiger partial charge in [0.2, 0.25) is 0 Å². The summed E-state index contributed by atoms with van der Waals surface area (Å²) in [6.07, 6.45) is 0. The number of anilines is 2. The zero-order valence-corrected chi connectivity index (χ0v) is 13.9. The second-order valence-electron chi connectivity index (χ2n) is 4.12. The molecule has 0 spiro atoms. The normalized spacial score (nSPS) is 10.1. The van der Waals surface area contributed by atoms with E-state index in [1.807, 2.05) is 0 Å². The molecule has 0 aliphatic heterocycles. The maximum atomic E-state index is 10.8. The van der Waals surface area contributed by atoms with E-state index in [4.69, 9.17) is 47.0 Å². The van der Waals surface area contributed by atoms with Gasteiger partial charge < -0.3 is 10.6 Å². The Labute approximate surface area is 146 Å². The average molecular weight is 377 g/mol. The maximum Gasteiger partial charge on any atom is 0.271 e. The molecule has 0 unspecified atom stereocenters. The van der Waals surface area contributed by atoms with Crippen LogP contribution in [0.5, 0.6) is 0 Å². The monoisotopic (exact) mass is 375 g/mol. The van der Waals surface area contributed by atoms with Crippen molar-refractivity contribution in [1.29, 1.82) is 0 Å². The number of non-ortho nitro benzene ring substituents is 1. The van der Waals surface area contributed by atoms with Gasteiger partial charge in [0.1, 0.15) is 0 Å². The van der Waals surface area contributed by atoms with Gasteiger partial charge in [-0.1, -0.05) is 34.8 Å². The predicted molar refractivity (Wildman–Crippen MR) is 94.4 cm³/mol. The average Bonchev–Trinajstić information content (AvgIpc) is 2.45. The molecule has 2 N–H and O–H groups in total. The quantitative estimate of drug-likeness (QED) is 0.428. The number of thiocarbonyl (C=S) groups is 1. The Morgan fingerprint density at radius 3 is 2.14 bits per heavy atom. The lowest BCUT2D eigenvalue weighted by molar-refractivity contribution is -0.384. The Balaban J connectivity index is 2.17. The summed E-state index contributed by atoms with van der Waals surface area (Å²) in [5.74, 6) is 0. The highest BCUT2D eigenvalue weighted by atomic mass is 35.5. The standard InChI is InChI=1S/C13H8Cl3N3O2S/c14-7-1-3-9(15)11(5-7)17-13(22)18-12-6-8(19(20)21)2-4-10(12)16/h1-6H,(H2,17,18,22). The van der Waals surface area contributed by atoms with Crippen LogP contribution >= 0.6 is 47.0 Å². The molecule has 22 heavy (non-hydrogen) atoms. The molecule has 0 atom stereocenters. The van der Waals surface area contributed by atoms with Crippen LogP contribution in [0.4, 0.5) is 17.1 Å². The lowest BCUT2D eigenvalue weighted by Gasteiger charge is -2.13. The maximum absolute atomic E-state index is 10.8. The van der Waals surface area contributed by atoms with Gasteiger partial charge >= 0.3 is 0 Å². The van der Waals surface area contributed by atoms with E-state index in [0.717, 1.165) is 0 Å². The summed E-state index contributed by atoms with van der Waals surface area (Å²) in [6, 6.07) is 8.87. The van der Waals surface area contributed by atoms with Crippen LogP contribution in [-0.2, 0) is 0 Å². The first-order valence-electron chi connectivity index (χ1n) is 5.84. The molecule has 9 heteroatoms. The highest BCUT2D eigenvalue weighted by Crippen LogP contribution is 2.28. The molecule has 2 aromatic rings. The lowest BCUT2D eigenvalue weighted by atomic mass is 10.3. The molecule has 0 saturated carbocycles. The van der Waals surface area contributed by atoms with E-state index in [1.165, 1.54) is 18.2 Å². The largest absolute Gasteiger partial charge is 0.331 e. The van der Waals surface area contributed by atoms with Crippen molar-refractivity contribution in [3.05, 3.63) is 61.6 Å². The molecule has 0 fully saturated rings. The molecule has 0 aromatic heterocycles. The van der Waals surface area contributed by atoms with Crippen molar-refractivity contribution in [2.75, 3.05) is 10.6 Å². The highest BCUT2D eigenvalue weighted by Gasteiger charge is 2.11. The van der Waals surface area contributed by atoms with Crippen molar-refractivity contribution in [1.82, 2.24) is 0 Å². The van der Waals surface area contributed by atoms with Crippen LogP contribution in [-0.4, -0.2) is 10.0 Å². The first-order chi connectivity index (χ1) is 10.4. The van der Waals surface area contributed by atoms with E-state index >= 15 is 0 Å². The number of nitrogens with zero attached hydrogens (tertiary/aromatic N) is 1. The first-order valence-corrected chi connectivity index (χ1v) is 7.38. The van der Waals surface area contributed by atoms with Crippen LogP contribution in [0, 0.1) is 10.1 Å². The van der Waals surface area contributed by atoms with Gasteiger partial charge in [0.05, 0.1) is 26.3 Å². The molecule has 114 valence electrons. The number of benzene rings is 2. The van der Waals surface area contributed by atoms with E-state index in [-0.39, 0.29) is 10.8 Å². The minimum Gasteiger partial charge on any atom is -0.331 e. The van der Waals surface area contributed by atoms with E-state index in [2.05, 4.69) is 10.6 Å². The molecular weight excluding hydrogens is 369 g/mol. The fraction of sp³-hybridized carbons (Fsp3) is 0. The van der Waals surface area contributed by atoms with E-state index < -0.39 is 4.92 Å². The van der Waals surface area contributed by atoms with Crippen LogP contribution in [0.15, 0.2) is 36.4 Å². The van der Waals surface area contributed by atoms with Gasteiger partial charge in [-0.05, 0) is 36.5 Å². The van der Waals surface area contributed by atoms with Gasteiger partial charge in [-0.15, -0.1) is 0 Å². The van der Waals surface area contributed by atoms with Crippen molar-refractivity contribution in [2.24, 2.45) is 0 Å². The molecule has 0 aliphatic carbocycles. The van der Waals surface area contributed by atoms with E-state index in [0.29, 0.717) is 26.4 Å². The fourth-order valence-corrected chi connectivity index (χ4v) is 2.31. The van der Waals surface area contributed by atoms with Crippen molar-refractivity contribution in [3.63, 3.8) is 0 Å².